The molecule has 5 nitrogen and oxygen atoms in total. The van der Waals surface area contributed by atoms with Gasteiger partial charge in [-0.1, -0.05) is 13.3 Å². The summed E-state index contributed by atoms with van der Waals surface area (Å²) in [7, 11) is 2.03. The van der Waals surface area contributed by atoms with Crippen molar-refractivity contribution >= 4 is 15.4 Å². The van der Waals surface area contributed by atoms with E-state index < -0.39 is 6.10 Å². The molecule has 2 atom stereocenters. The molecule has 0 aromatic heterocycles. The average molecular weight is 266 g/mol. The molecule has 17 heavy (non-hydrogen) atoms. The van der Waals surface area contributed by atoms with Crippen LogP contribution < -0.4 is 0 Å². The molecule has 6 heteroatoms. The number of carbonyl (C=O) groups excluding carboxylic acids is 1. The van der Waals surface area contributed by atoms with Crippen LogP contribution in [0.3, 0.4) is 0 Å². The van der Waals surface area contributed by atoms with Crippen molar-refractivity contribution < 1.29 is 23.5 Å². The fourth-order valence-corrected chi connectivity index (χ4v) is 1.05. The molecular weight excluding hydrogens is 243 g/mol. The largest absolute Gasteiger partial charge is 0.461 e. The predicted molar refractivity (Wildman–Crippen MR) is 67.8 cm³/mol. The van der Waals surface area contributed by atoms with Crippen molar-refractivity contribution in [2.24, 2.45) is 0 Å². The molecule has 0 aromatic carbocycles. The lowest BCUT2D eigenvalue weighted by Gasteiger charge is -2.09. The van der Waals surface area contributed by atoms with Crippen molar-refractivity contribution in [1.82, 2.24) is 0 Å². The Labute approximate surface area is 105 Å². The summed E-state index contributed by atoms with van der Waals surface area (Å²) in [6.45, 7) is 6.25. The fraction of sp³-hybridized carbons (Fsp3) is 0.909. The first-order valence-corrected chi connectivity index (χ1v) is 6.37. The van der Waals surface area contributed by atoms with E-state index in [1.54, 1.807) is 6.92 Å². The third-order valence-corrected chi connectivity index (χ3v) is 2.43. The zero-order valence-electron chi connectivity index (χ0n) is 10.6. The van der Waals surface area contributed by atoms with E-state index in [0.29, 0.717) is 19.8 Å². The second kappa shape index (κ2) is 12.2. The van der Waals surface area contributed by atoms with Gasteiger partial charge in [0, 0.05) is 16.1 Å². The molecule has 102 valence electrons. The third kappa shape index (κ3) is 10.6. The summed E-state index contributed by atoms with van der Waals surface area (Å²) in [5.74, 6) is -0.386. The van der Waals surface area contributed by atoms with Gasteiger partial charge >= 0.3 is 5.97 Å². The lowest BCUT2D eigenvalue weighted by Crippen LogP contribution is -2.22. The number of rotatable bonds is 11. The van der Waals surface area contributed by atoms with Gasteiger partial charge in [0.15, 0.2) is 6.10 Å². The first-order valence-electron chi connectivity index (χ1n) is 5.90. The van der Waals surface area contributed by atoms with Crippen molar-refractivity contribution in [3.05, 3.63) is 0 Å². The quantitative estimate of drug-likeness (QED) is 0.323. The highest BCUT2D eigenvalue weighted by Crippen LogP contribution is 1.99. The monoisotopic (exact) mass is 266 g/mol. The molecule has 0 aromatic rings. The smallest absolute Gasteiger partial charge is 0.335 e. The Morgan fingerprint density at radius 3 is 2.29 bits per heavy atom. The molecule has 0 N–H and O–H groups in total. The Kier molecular flexibility index (Phi) is 12.1. The molecule has 2 unspecified atom stereocenters. The second-order valence-electron chi connectivity index (χ2n) is 3.52. The van der Waals surface area contributed by atoms with E-state index in [2.05, 4.69) is 6.92 Å². The summed E-state index contributed by atoms with van der Waals surface area (Å²) in [6.07, 6.45) is 1.65. The van der Waals surface area contributed by atoms with Gasteiger partial charge in [-0.15, -0.1) is 0 Å². The molecule has 0 heterocycles. The standard InChI is InChI=1S/C11H23O5P/c1-3-4-5-13-6-7-14-8-9-15-11(12)10(2)16-17/h10H,3-9,17H2,1-2H3. The normalized spacial score (nSPS) is 12.4. The Morgan fingerprint density at radius 2 is 1.71 bits per heavy atom. The molecule has 0 amide bonds. The maximum atomic E-state index is 11.1. The van der Waals surface area contributed by atoms with Crippen LogP contribution in [0.1, 0.15) is 26.7 Å². The highest BCUT2D eigenvalue weighted by molar-refractivity contribution is 7.09. The molecule has 0 aliphatic heterocycles. The lowest BCUT2D eigenvalue weighted by atomic mass is 10.4. The van der Waals surface area contributed by atoms with Crippen molar-refractivity contribution in [2.75, 3.05) is 33.0 Å². The van der Waals surface area contributed by atoms with Crippen LogP contribution in [0, 0.1) is 0 Å². The molecule has 0 rings (SSSR count). The summed E-state index contributed by atoms with van der Waals surface area (Å²) >= 11 is 0. The van der Waals surface area contributed by atoms with Crippen LogP contribution in [0.2, 0.25) is 0 Å². The van der Waals surface area contributed by atoms with Crippen LogP contribution in [-0.4, -0.2) is 45.1 Å². The highest BCUT2D eigenvalue weighted by Gasteiger charge is 2.12. The van der Waals surface area contributed by atoms with Gasteiger partial charge in [-0.2, -0.15) is 0 Å². The van der Waals surface area contributed by atoms with E-state index in [0.717, 1.165) is 19.4 Å². The van der Waals surface area contributed by atoms with Crippen molar-refractivity contribution in [3.8, 4) is 0 Å². The van der Waals surface area contributed by atoms with Gasteiger partial charge in [0.2, 0.25) is 0 Å². The first kappa shape index (κ1) is 16.8. The number of hydrogen-bond donors (Lipinski definition) is 0. The van der Waals surface area contributed by atoms with Crippen molar-refractivity contribution in [1.29, 1.82) is 0 Å². The Hall–Kier alpha value is -0.220. The number of unbranched alkanes of at least 4 members (excludes halogenated alkanes) is 1. The number of ether oxygens (including phenoxy) is 3. The van der Waals surface area contributed by atoms with Gasteiger partial charge in [-0.05, 0) is 13.3 Å². The van der Waals surface area contributed by atoms with Gasteiger partial charge in [-0.25, -0.2) is 4.79 Å². The summed E-state index contributed by atoms with van der Waals surface area (Å²) in [4.78, 5) is 11.1. The lowest BCUT2D eigenvalue weighted by molar-refractivity contribution is -0.152. The van der Waals surface area contributed by atoms with Gasteiger partial charge in [0.1, 0.15) is 6.61 Å². The van der Waals surface area contributed by atoms with E-state index in [4.69, 9.17) is 18.7 Å². The highest BCUT2D eigenvalue weighted by atomic mass is 31.0. The Balaban J connectivity index is 3.16. The van der Waals surface area contributed by atoms with Crippen LogP contribution in [0.4, 0.5) is 0 Å². The SMILES string of the molecule is CCCCOCCOCCOC(=O)C(C)OP. The maximum absolute atomic E-state index is 11.1. The summed E-state index contributed by atoms with van der Waals surface area (Å²) in [5, 5.41) is 0. The molecule has 0 fully saturated rings. The summed E-state index contributed by atoms with van der Waals surface area (Å²) in [5.41, 5.74) is 0. The molecule has 0 spiro atoms. The van der Waals surface area contributed by atoms with Gasteiger partial charge in [0.05, 0.1) is 19.8 Å². The van der Waals surface area contributed by atoms with E-state index >= 15 is 0 Å². The molecule has 0 aliphatic rings. The van der Waals surface area contributed by atoms with E-state index in [-0.39, 0.29) is 12.6 Å². The molecule has 0 radical (unpaired) electrons. The zero-order valence-corrected chi connectivity index (χ0v) is 11.8. The van der Waals surface area contributed by atoms with Gasteiger partial charge in [0.25, 0.3) is 0 Å². The number of hydrogen-bond acceptors (Lipinski definition) is 5. The third-order valence-electron chi connectivity index (χ3n) is 2.02. The average Bonchev–Trinajstić information content (AvgIpc) is 2.35. The van der Waals surface area contributed by atoms with Crippen LogP contribution in [-0.2, 0) is 23.5 Å². The van der Waals surface area contributed by atoms with Crippen molar-refractivity contribution in [3.63, 3.8) is 0 Å². The second-order valence-corrected chi connectivity index (χ2v) is 3.80. The Bertz CT molecular complexity index is 189. The first-order chi connectivity index (χ1) is 8.22. The number of carbonyl (C=O) groups is 1. The van der Waals surface area contributed by atoms with Crippen LogP contribution in [0.5, 0.6) is 0 Å². The van der Waals surface area contributed by atoms with Gasteiger partial charge in [-0.3, -0.25) is 0 Å². The fourth-order valence-electron chi connectivity index (χ4n) is 0.942. The minimum atomic E-state index is -0.558. The van der Waals surface area contributed by atoms with Crippen LogP contribution in [0.15, 0.2) is 0 Å². The molecule has 0 saturated carbocycles. The van der Waals surface area contributed by atoms with Crippen molar-refractivity contribution in [2.45, 2.75) is 32.8 Å². The number of esters is 1. The van der Waals surface area contributed by atoms with Gasteiger partial charge < -0.3 is 18.7 Å². The van der Waals surface area contributed by atoms with E-state index in [9.17, 15) is 4.79 Å². The zero-order chi connectivity index (χ0) is 12.9. The maximum Gasteiger partial charge on any atom is 0.335 e. The van der Waals surface area contributed by atoms with Crippen LogP contribution >= 0.6 is 9.47 Å². The van der Waals surface area contributed by atoms with E-state index in [1.165, 1.54) is 0 Å². The summed E-state index contributed by atoms with van der Waals surface area (Å²) in [6, 6.07) is 0. The molecular formula is C11H23O5P. The topological polar surface area (TPSA) is 54.0 Å². The Morgan fingerprint density at radius 1 is 1.12 bits per heavy atom. The predicted octanol–water partition coefficient (Wildman–Crippen LogP) is 1.56. The minimum absolute atomic E-state index is 0.242. The van der Waals surface area contributed by atoms with E-state index in [1.807, 2.05) is 9.47 Å². The molecule has 0 saturated heterocycles. The minimum Gasteiger partial charge on any atom is -0.461 e. The molecule has 0 aliphatic carbocycles. The summed E-state index contributed by atoms with van der Waals surface area (Å²) < 4.78 is 20.2. The molecule has 0 bridgehead atoms. The van der Waals surface area contributed by atoms with Crippen LogP contribution in [0.25, 0.3) is 0 Å².